The number of pyridine rings is 1. The van der Waals surface area contributed by atoms with Gasteiger partial charge in [0, 0.05) is 18.4 Å². The predicted octanol–water partition coefficient (Wildman–Crippen LogP) is 2.84. The highest BCUT2D eigenvalue weighted by Crippen LogP contribution is 2.20. The van der Waals surface area contributed by atoms with E-state index in [1.165, 1.54) is 18.5 Å². The van der Waals surface area contributed by atoms with Gasteiger partial charge in [-0.15, -0.1) is 0 Å². The number of hydrogen-bond acceptors (Lipinski definition) is 3. The summed E-state index contributed by atoms with van der Waals surface area (Å²) in [5.74, 6) is 0.479. The van der Waals surface area contributed by atoms with Crippen molar-refractivity contribution < 1.29 is 8.42 Å². The molecule has 0 aliphatic rings. The van der Waals surface area contributed by atoms with E-state index in [1.54, 1.807) is 0 Å². The number of nitrogens with zero attached hydrogens (tertiary/aromatic N) is 1. The maximum atomic E-state index is 12.1. The average molecular weight is 291 g/mol. The van der Waals surface area contributed by atoms with E-state index in [0.29, 0.717) is 5.92 Å². The summed E-state index contributed by atoms with van der Waals surface area (Å²) >= 11 is 5.87. The molecular formula is C12H19ClN2O2S. The standard InChI is InChI=1S/C12H19ClN2O2S/c1-4-9(2)7-10(3)15-18(16,17)12-8-14-6-5-11(12)13/h5-6,8-10,15H,4,7H2,1-3H3. The highest BCUT2D eigenvalue weighted by molar-refractivity contribution is 7.89. The van der Waals surface area contributed by atoms with Crippen LogP contribution in [0.15, 0.2) is 23.4 Å². The maximum Gasteiger partial charge on any atom is 0.243 e. The lowest BCUT2D eigenvalue weighted by Gasteiger charge is -2.17. The van der Waals surface area contributed by atoms with Crippen LogP contribution in [-0.2, 0) is 10.0 Å². The van der Waals surface area contributed by atoms with E-state index in [0.717, 1.165) is 12.8 Å². The fraction of sp³-hybridized carbons (Fsp3) is 0.583. The Balaban J connectivity index is 2.80. The lowest BCUT2D eigenvalue weighted by Crippen LogP contribution is -2.34. The van der Waals surface area contributed by atoms with Crippen molar-refractivity contribution in [3.05, 3.63) is 23.5 Å². The van der Waals surface area contributed by atoms with Crippen molar-refractivity contribution in [2.45, 2.75) is 44.6 Å². The van der Waals surface area contributed by atoms with Crippen molar-refractivity contribution in [2.75, 3.05) is 0 Å². The van der Waals surface area contributed by atoms with Gasteiger partial charge in [0.1, 0.15) is 4.90 Å². The summed E-state index contributed by atoms with van der Waals surface area (Å²) in [4.78, 5) is 3.82. The molecule has 0 saturated heterocycles. The number of hydrogen-bond donors (Lipinski definition) is 1. The Morgan fingerprint density at radius 2 is 2.11 bits per heavy atom. The summed E-state index contributed by atoms with van der Waals surface area (Å²) in [5, 5.41) is 0.188. The number of rotatable bonds is 6. The molecule has 0 fully saturated rings. The molecule has 0 aliphatic heterocycles. The molecule has 1 aromatic heterocycles. The minimum absolute atomic E-state index is 0.0302. The topological polar surface area (TPSA) is 59.1 Å². The van der Waals surface area contributed by atoms with E-state index in [9.17, 15) is 8.42 Å². The first-order valence-corrected chi connectivity index (χ1v) is 7.84. The van der Waals surface area contributed by atoms with Crippen LogP contribution in [0.2, 0.25) is 5.02 Å². The largest absolute Gasteiger partial charge is 0.263 e. The Labute approximate surface area is 114 Å². The van der Waals surface area contributed by atoms with Gasteiger partial charge in [0.2, 0.25) is 10.0 Å². The van der Waals surface area contributed by atoms with Crippen LogP contribution < -0.4 is 4.72 Å². The molecule has 0 spiro atoms. The molecule has 0 aliphatic carbocycles. The van der Waals surface area contributed by atoms with E-state index in [1.807, 2.05) is 6.92 Å². The normalized spacial score (nSPS) is 15.3. The number of aromatic nitrogens is 1. The molecule has 0 bridgehead atoms. The van der Waals surface area contributed by atoms with Crippen molar-refractivity contribution >= 4 is 21.6 Å². The fourth-order valence-corrected chi connectivity index (χ4v) is 3.39. The second kappa shape index (κ2) is 6.50. The fourth-order valence-electron chi connectivity index (χ4n) is 1.71. The van der Waals surface area contributed by atoms with Gasteiger partial charge in [-0.3, -0.25) is 4.98 Å². The zero-order valence-corrected chi connectivity index (χ0v) is 12.4. The zero-order chi connectivity index (χ0) is 13.8. The van der Waals surface area contributed by atoms with Gasteiger partial charge in [0.15, 0.2) is 0 Å². The van der Waals surface area contributed by atoms with Gasteiger partial charge in [0.05, 0.1) is 5.02 Å². The van der Waals surface area contributed by atoms with Crippen LogP contribution in [0.25, 0.3) is 0 Å². The molecule has 1 rings (SSSR count). The molecule has 4 nitrogen and oxygen atoms in total. The molecule has 2 atom stereocenters. The van der Waals surface area contributed by atoms with Gasteiger partial charge < -0.3 is 0 Å². The summed E-state index contributed by atoms with van der Waals surface area (Å²) < 4.78 is 26.8. The van der Waals surface area contributed by atoms with E-state index in [2.05, 4.69) is 23.6 Å². The molecule has 0 saturated carbocycles. The van der Waals surface area contributed by atoms with Crippen LogP contribution in [0.3, 0.4) is 0 Å². The lowest BCUT2D eigenvalue weighted by atomic mass is 10.0. The molecule has 6 heteroatoms. The van der Waals surface area contributed by atoms with Crippen LogP contribution in [-0.4, -0.2) is 19.4 Å². The Kier molecular flexibility index (Phi) is 5.56. The predicted molar refractivity (Wildman–Crippen MR) is 73.1 cm³/mol. The van der Waals surface area contributed by atoms with E-state index < -0.39 is 10.0 Å². The van der Waals surface area contributed by atoms with E-state index >= 15 is 0 Å². The second-order valence-electron chi connectivity index (χ2n) is 4.58. The van der Waals surface area contributed by atoms with Crippen LogP contribution in [0, 0.1) is 5.92 Å². The molecule has 0 radical (unpaired) electrons. The number of sulfonamides is 1. The van der Waals surface area contributed by atoms with Crippen molar-refractivity contribution in [1.82, 2.24) is 9.71 Å². The molecule has 0 amide bonds. The van der Waals surface area contributed by atoms with Crippen molar-refractivity contribution in [1.29, 1.82) is 0 Å². The molecular weight excluding hydrogens is 272 g/mol. The maximum absolute atomic E-state index is 12.1. The Bertz CT molecular complexity index is 491. The summed E-state index contributed by atoms with van der Waals surface area (Å²) in [6.45, 7) is 6.04. The molecule has 1 N–H and O–H groups in total. The monoisotopic (exact) mass is 290 g/mol. The van der Waals surface area contributed by atoms with Crippen molar-refractivity contribution in [2.24, 2.45) is 5.92 Å². The number of nitrogens with one attached hydrogen (secondary N) is 1. The first-order valence-electron chi connectivity index (χ1n) is 5.98. The minimum atomic E-state index is -3.59. The molecule has 1 aromatic rings. The molecule has 1 heterocycles. The third-order valence-corrected chi connectivity index (χ3v) is 4.89. The Morgan fingerprint density at radius 1 is 1.44 bits per heavy atom. The Hall–Kier alpha value is -0.650. The van der Waals surface area contributed by atoms with Gasteiger partial charge in [-0.1, -0.05) is 31.9 Å². The molecule has 102 valence electrons. The van der Waals surface area contributed by atoms with Gasteiger partial charge in [-0.05, 0) is 25.3 Å². The van der Waals surface area contributed by atoms with Crippen LogP contribution >= 0.6 is 11.6 Å². The Morgan fingerprint density at radius 3 is 2.67 bits per heavy atom. The second-order valence-corrected chi connectivity index (χ2v) is 6.67. The molecule has 18 heavy (non-hydrogen) atoms. The van der Waals surface area contributed by atoms with Gasteiger partial charge >= 0.3 is 0 Å². The van der Waals surface area contributed by atoms with E-state index in [4.69, 9.17) is 11.6 Å². The van der Waals surface area contributed by atoms with Gasteiger partial charge in [-0.25, -0.2) is 13.1 Å². The highest BCUT2D eigenvalue weighted by Gasteiger charge is 2.21. The third kappa shape index (κ3) is 4.23. The summed E-state index contributed by atoms with van der Waals surface area (Å²) in [6.07, 6.45) is 4.55. The first-order chi connectivity index (χ1) is 8.36. The quantitative estimate of drug-likeness (QED) is 0.876. The van der Waals surface area contributed by atoms with Crippen LogP contribution in [0.4, 0.5) is 0 Å². The summed E-state index contributed by atoms with van der Waals surface area (Å²) in [5.41, 5.74) is 0. The third-order valence-electron chi connectivity index (χ3n) is 2.83. The molecule has 0 aromatic carbocycles. The first kappa shape index (κ1) is 15.4. The van der Waals surface area contributed by atoms with Gasteiger partial charge in [-0.2, -0.15) is 0 Å². The van der Waals surface area contributed by atoms with Crippen LogP contribution in [0.1, 0.15) is 33.6 Å². The summed E-state index contributed by atoms with van der Waals surface area (Å²) in [6, 6.07) is 1.34. The van der Waals surface area contributed by atoms with E-state index in [-0.39, 0.29) is 16.0 Å². The highest BCUT2D eigenvalue weighted by atomic mass is 35.5. The lowest BCUT2D eigenvalue weighted by molar-refractivity contribution is 0.445. The molecule has 2 unspecified atom stereocenters. The average Bonchev–Trinajstić information content (AvgIpc) is 2.28. The van der Waals surface area contributed by atoms with Crippen molar-refractivity contribution in [3.8, 4) is 0 Å². The summed E-state index contributed by atoms with van der Waals surface area (Å²) in [7, 11) is -3.59. The SMILES string of the molecule is CCC(C)CC(C)NS(=O)(=O)c1cnccc1Cl. The smallest absolute Gasteiger partial charge is 0.243 e. The van der Waals surface area contributed by atoms with Gasteiger partial charge in [0.25, 0.3) is 0 Å². The van der Waals surface area contributed by atoms with Crippen LogP contribution in [0.5, 0.6) is 0 Å². The number of halogens is 1. The zero-order valence-electron chi connectivity index (χ0n) is 10.9. The minimum Gasteiger partial charge on any atom is -0.263 e. The van der Waals surface area contributed by atoms with Crippen molar-refractivity contribution in [3.63, 3.8) is 0 Å².